The maximum atomic E-state index is 5.98. The Kier molecular flexibility index (Phi) is 1.94. The molecular formula is C7H10ClN3O. The van der Waals surface area contributed by atoms with Gasteiger partial charge in [-0.15, -0.1) is 0 Å². The highest BCUT2D eigenvalue weighted by molar-refractivity contribution is 6.32. The van der Waals surface area contributed by atoms with Crippen LogP contribution in [-0.4, -0.2) is 22.9 Å². The van der Waals surface area contributed by atoms with Gasteiger partial charge in [0.15, 0.2) is 0 Å². The number of ether oxygens (including phenoxy) is 1. The van der Waals surface area contributed by atoms with Crippen molar-refractivity contribution >= 4 is 11.6 Å². The highest BCUT2D eigenvalue weighted by Gasteiger charge is 2.20. The number of hydrogen-bond acceptors (Lipinski definition) is 3. The van der Waals surface area contributed by atoms with Crippen molar-refractivity contribution in [2.24, 2.45) is 5.73 Å². The third-order valence-corrected chi connectivity index (χ3v) is 2.22. The highest BCUT2D eigenvalue weighted by Crippen LogP contribution is 2.31. The smallest absolute Gasteiger partial charge is 0.231 e. The molecule has 0 atom stereocenters. The summed E-state index contributed by atoms with van der Waals surface area (Å²) in [6, 6.07) is 0. The van der Waals surface area contributed by atoms with Gasteiger partial charge in [0, 0.05) is 6.42 Å². The fraction of sp³-hybridized carbons (Fsp3) is 0.571. The van der Waals surface area contributed by atoms with Crippen molar-refractivity contribution < 1.29 is 4.74 Å². The Morgan fingerprint density at radius 1 is 1.67 bits per heavy atom. The van der Waals surface area contributed by atoms with Crippen LogP contribution in [-0.2, 0) is 13.0 Å². The monoisotopic (exact) mass is 187 g/mol. The minimum absolute atomic E-state index is 0.566. The van der Waals surface area contributed by atoms with Gasteiger partial charge < -0.3 is 10.5 Å². The lowest BCUT2D eigenvalue weighted by Crippen LogP contribution is -2.05. The Labute approximate surface area is 75.2 Å². The van der Waals surface area contributed by atoms with Gasteiger partial charge in [0.05, 0.1) is 12.2 Å². The number of halogens is 1. The summed E-state index contributed by atoms with van der Waals surface area (Å²) in [5, 5.41) is 4.88. The molecule has 0 aliphatic carbocycles. The molecule has 0 fully saturated rings. The van der Waals surface area contributed by atoms with E-state index in [0.717, 1.165) is 12.2 Å². The van der Waals surface area contributed by atoms with E-state index in [4.69, 9.17) is 22.1 Å². The second-order valence-electron chi connectivity index (χ2n) is 2.68. The minimum atomic E-state index is 0.566. The van der Waals surface area contributed by atoms with E-state index in [1.54, 1.807) is 4.68 Å². The molecule has 0 unspecified atom stereocenters. The lowest BCUT2D eigenvalue weighted by atomic mass is 10.3. The second-order valence-corrected chi connectivity index (χ2v) is 3.05. The molecule has 2 heterocycles. The van der Waals surface area contributed by atoms with E-state index in [9.17, 15) is 0 Å². The zero-order valence-electron chi connectivity index (χ0n) is 6.59. The lowest BCUT2D eigenvalue weighted by molar-refractivity contribution is 0.356. The molecule has 66 valence electrons. The molecule has 0 saturated heterocycles. The third-order valence-electron chi connectivity index (χ3n) is 1.84. The van der Waals surface area contributed by atoms with Gasteiger partial charge in [-0.2, -0.15) is 5.10 Å². The van der Waals surface area contributed by atoms with Crippen LogP contribution >= 0.6 is 11.6 Å². The normalized spacial score (nSPS) is 14.5. The van der Waals surface area contributed by atoms with Crippen LogP contribution in [0.2, 0.25) is 5.02 Å². The van der Waals surface area contributed by atoms with E-state index in [2.05, 4.69) is 5.10 Å². The van der Waals surface area contributed by atoms with Crippen molar-refractivity contribution in [2.45, 2.75) is 13.0 Å². The molecule has 0 aromatic carbocycles. The van der Waals surface area contributed by atoms with Gasteiger partial charge >= 0.3 is 0 Å². The van der Waals surface area contributed by atoms with Crippen LogP contribution in [0.5, 0.6) is 5.88 Å². The topological polar surface area (TPSA) is 53.1 Å². The van der Waals surface area contributed by atoms with Crippen molar-refractivity contribution in [1.29, 1.82) is 0 Å². The number of nitrogens with two attached hydrogens (primary N) is 1. The van der Waals surface area contributed by atoms with Crippen LogP contribution in [0.4, 0.5) is 0 Å². The Balaban J connectivity index is 2.34. The lowest BCUT2D eigenvalue weighted by Gasteiger charge is -1.94. The summed E-state index contributed by atoms with van der Waals surface area (Å²) in [5.41, 5.74) is 6.24. The molecule has 1 aliphatic rings. The predicted molar refractivity (Wildman–Crippen MR) is 45.5 cm³/mol. The number of rotatable bonds is 2. The van der Waals surface area contributed by atoms with Gasteiger partial charge in [0.1, 0.15) is 11.6 Å². The molecule has 2 rings (SSSR count). The zero-order valence-corrected chi connectivity index (χ0v) is 7.34. The van der Waals surface area contributed by atoms with Crippen LogP contribution in [0.3, 0.4) is 0 Å². The molecule has 5 heteroatoms. The number of fused-ring (bicyclic) bond motifs is 1. The van der Waals surface area contributed by atoms with Gasteiger partial charge in [-0.3, -0.25) is 0 Å². The van der Waals surface area contributed by atoms with Gasteiger partial charge in [0.25, 0.3) is 0 Å². The third kappa shape index (κ3) is 1.07. The number of hydrogen-bond donors (Lipinski definition) is 1. The van der Waals surface area contributed by atoms with E-state index < -0.39 is 0 Å². The maximum Gasteiger partial charge on any atom is 0.231 e. The molecule has 1 aromatic rings. The van der Waals surface area contributed by atoms with Gasteiger partial charge in [-0.25, -0.2) is 4.68 Å². The van der Waals surface area contributed by atoms with Gasteiger partial charge in [0.2, 0.25) is 5.88 Å². The van der Waals surface area contributed by atoms with Crippen LogP contribution in [0.15, 0.2) is 0 Å². The largest absolute Gasteiger partial charge is 0.475 e. The Morgan fingerprint density at radius 2 is 2.50 bits per heavy atom. The molecule has 4 nitrogen and oxygen atoms in total. The van der Waals surface area contributed by atoms with E-state index in [1.807, 2.05) is 0 Å². The predicted octanol–water partition coefficient (Wildman–Crippen LogP) is 0.430. The van der Waals surface area contributed by atoms with E-state index in [-0.39, 0.29) is 0 Å². The molecule has 2 N–H and O–H groups in total. The molecule has 0 saturated carbocycles. The van der Waals surface area contributed by atoms with Crippen LogP contribution in [0.1, 0.15) is 5.69 Å². The van der Waals surface area contributed by atoms with E-state index in [1.165, 1.54) is 0 Å². The molecule has 0 bridgehead atoms. The summed E-state index contributed by atoms with van der Waals surface area (Å²) in [7, 11) is 0. The first kappa shape index (κ1) is 7.89. The fourth-order valence-corrected chi connectivity index (χ4v) is 1.57. The van der Waals surface area contributed by atoms with Crippen molar-refractivity contribution in [3.05, 3.63) is 10.7 Å². The molecule has 0 radical (unpaired) electrons. The molecule has 0 amide bonds. The van der Waals surface area contributed by atoms with Gasteiger partial charge in [-0.05, 0) is 6.54 Å². The van der Waals surface area contributed by atoms with Crippen LogP contribution < -0.4 is 10.5 Å². The summed E-state index contributed by atoms with van der Waals surface area (Å²) < 4.78 is 7.07. The Hall–Kier alpha value is -0.740. The number of aromatic nitrogens is 2. The van der Waals surface area contributed by atoms with E-state index in [0.29, 0.717) is 30.5 Å². The van der Waals surface area contributed by atoms with Crippen molar-refractivity contribution in [2.75, 3.05) is 13.2 Å². The molecule has 1 aromatic heterocycles. The van der Waals surface area contributed by atoms with Gasteiger partial charge in [-0.1, -0.05) is 11.6 Å². The molecule has 1 aliphatic heterocycles. The summed E-state index contributed by atoms with van der Waals surface area (Å²) in [4.78, 5) is 0. The zero-order chi connectivity index (χ0) is 8.55. The van der Waals surface area contributed by atoms with E-state index >= 15 is 0 Å². The highest BCUT2D eigenvalue weighted by atomic mass is 35.5. The summed E-state index contributed by atoms with van der Waals surface area (Å²) in [6.07, 6.45) is 0.711. The average molecular weight is 188 g/mol. The van der Waals surface area contributed by atoms with Crippen molar-refractivity contribution in [3.63, 3.8) is 0 Å². The summed E-state index contributed by atoms with van der Waals surface area (Å²) >= 11 is 5.98. The molecular weight excluding hydrogens is 178 g/mol. The quantitative estimate of drug-likeness (QED) is 0.731. The first-order chi connectivity index (χ1) is 5.83. The Bertz CT molecular complexity index is 297. The first-order valence-corrected chi connectivity index (χ1v) is 4.28. The Morgan fingerprint density at radius 3 is 3.17 bits per heavy atom. The summed E-state index contributed by atoms with van der Waals surface area (Å²) in [5.74, 6) is 0.695. The minimum Gasteiger partial charge on any atom is -0.475 e. The van der Waals surface area contributed by atoms with Crippen molar-refractivity contribution in [1.82, 2.24) is 9.78 Å². The fourth-order valence-electron chi connectivity index (χ4n) is 1.29. The summed E-state index contributed by atoms with van der Waals surface area (Å²) in [6.45, 7) is 2.03. The average Bonchev–Trinajstić information content (AvgIpc) is 2.58. The second kappa shape index (κ2) is 2.95. The molecule has 12 heavy (non-hydrogen) atoms. The molecule has 0 spiro atoms. The van der Waals surface area contributed by atoms with Crippen molar-refractivity contribution in [3.8, 4) is 5.88 Å². The SMILES string of the molecule is NCCc1nn2c(c1Cl)OCC2. The van der Waals surface area contributed by atoms with Crippen LogP contribution in [0.25, 0.3) is 0 Å². The van der Waals surface area contributed by atoms with Crippen LogP contribution in [0, 0.1) is 0 Å². The standard InChI is InChI=1S/C7H10ClN3O/c8-6-5(1-2-9)10-11-3-4-12-7(6)11/h1-4,9H2. The number of nitrogens with zero attached hydrogens (tertiary/aromatic N) is 2. The maximum absolute atomic E-state index is 5.98. The first-order valence-electron chi connectivity index (χ1n) is 3.91.